The van der Waals surface area contributed by atoms with Gasteiger partial charge in [0, 0.05) is 12.8 Å². The average Bonchev–Trinajstić information content (AvgIpc) is 2.54. The minimum absolute atomic E-state index is 0.484. The molecule has 12 heavy (non-hydrogen) atoms. The number of rotatable bonds is 1. The van der Waals surface area contributed by atoms with Crippen molar-refractivity contribution in [3.05, 3.63) is 17.1 Å². The lowest BCUT2D eigenvalue weighted by atomic mass is 10.1. The van der Waals surface area contributed by atoms with Gasteiger partial charge < -0.3 is 9.30 Å². The van der Waals surface area contributed by atoms with Crippen LogP contribution in [0.5, 0.6) is 0 Å². The molecular formula is C8H11BrN2O. The minimum atomic E-state index is 0.484. The van der Waals surface area contributed by atoms with Crippen molar-refractivity contribution in [1.82, 2.24) is 9.55 Å². The SMILES string of the molecule is Brc1cn(C2CCCOC2)cn1. The fourth-order valence-corrected chi connectivity index (χ4v) is 1.80. The highest BCUT2D eigenvalue weighted by atomic mass is 79.9. The summed E-state index contributed by atoms with van der Waals surface area (Å²) in [7, 11) is 0. The summed E-state index contributed by atoms with van der Waals surface area (Å²) in [6, 6.07) is 0.484. The lowest BCUT2D eigenvalue weighted by Crippen LogP contribution is -2.20. The first-order valence-corrected chi connectivity index (χ1v) is 4.92. The van der Waals surface area contributed by atoms with Crippen LogP contribution in [0, 0.1) is 0 Å². The third-order valence-electron chi connectivity index (χ3n) is 2.13. The molecule has 2 heterocycles. The van der Waals surface area contributed by atoms with Crippen LogP contribution in [-0.2, 0) is 4.74 Å². The zero-order valence-corrected chi connectivity index (χ0v) is 8.33. The van der Waals surface area contributed by atoms with Crippen LogP contribution in [0.1, 0.15) is 18.9 Å². The molecule has 4 heteroatoms. The Bertz CT molecular complexity index is 255. The van der Waals surface area contributed by atoms with Crippen molar-refractivity contribution < 1.29 is 4.74 Å². The monoisotopic (exact) mass is 230 g/mol. The van der Waals surface area contributed by atoms with Crippen LogP contribution in [0.2, 0.25) is 0 Å². The third kappa shape index (κ3) is 1.69. The van der Waals surface area contributed by atoms with E-state index in [0.29, 0.717) is 6.04 Å². The molecular weight excluding hydrogens is 220 g/mol. The van der Waals surface area contributed by atoms with Gasteiger partial charge in [-0.2, -0.15) is 0 Å². The van der Waals surface area contributed by atoms with E-state index >= 15 is 0 Å². The number of aromatic nitrogens is 2. The molecule has 1 aromatic rings. The van der Waals surface area contributed by atoms with E-state index in [-0.39, 0.29) is 0 Å². The van der Waals surface area contributed by atoms with Gasteiger partial charge in [0.1, 0.15) is 4.60 Å². The smallest absolute Gasteiger partial charge is 0.124 e. The maximum absolute atomic E-state index is 5.38. The first kappa shape index (κ1) is 8.26. The van der Waals surface area contributed by atoms with E-state index < -0.39 is 0 Å². The van der Waals surface area contributed by atoms with Crippen molar-refractivity contribution >= 4 is 15.9 Å². The molecule has 1 unspecified atom stereocenters. The summed E-state index contributed by atoms with van der Waals surface area (Å²) >= 11 is 3.33. The van der Waals surface area contributed by atoms with Crippen LogP contribution in [0.3, 0.4) is 0 Å². The predicted octanol–water partition coefficient (Wildman–Crippen LogP) is 2.00. The molecule has 2 rings (SSSR count). The Balaban J connectivity index is 2.08. The molecule has 3 nitrogen and oxygen atoms in total. The van der Waals surface area contributed by atoms with Gasteiger partial charge in [0.15, 0.2) is 0 Å². The summed E-state index contributed by atoms with van der Waals surface area (Å²) in [5.41, 5.74) is 0. The molecule has 0 bridgehead atoms. The molecule has 1 aliphatic rings. The summed E-state index contributed by atoms with van der Waals surface area (Å²) in [6.45, 7) is 1.73. The van der Waals surface area contributed by atoms with E-state index in [0.717, 1.165) is 24.2 Å². The molecule has 0 N–H and O–H groups in total. The summed E-state index contributed by atoms with van der Waals surface area (Å²) < 4.78 is 8.39. The molecule has 66 valence electrons. The molecule has 1 aromatic heterocycles. The van der Waals surface area contributed by atoms with Gasteiger partial charge in [-0.15, -0.1) is 0 Å². The fraction of sp³-hybridized carbons (Fsp3) is 0.625. The van der Waals surface area contributed by atoms with Crippen molar-refractivity contribution in [1.29, 1.82) is 0 Å². The van der Waals surface area contributed by atoms with Gasteiger partial charge in [-0.1, -0.05) is 0 Å². The largest absolute Gasteiger partial charge is 0.379 e. The van der Waals surface area contributed by atoms with Gasteiger partial charge in [0.2, 0.25) is 0 Å². The Labute approximate surface area is 79.9 Å². The third-order valence-corrected chi connectivity index (χ3v) is 2.54. The quantitative estimate of drug-likeness (QED) is 0.739. The van der Waals surface area contributed by atoms with Crippen LogP contribution in [0.4, 0.5) is 0 Å². The van der Waals surface area contributed by atoms with E-state index in [2.05, 4.69) is 25.5 Å². The minimum Gasteiger partial charge on any atom is -0.379 e. The highest BCUT2D eigenvalue weighted by Crippen LogP contribution is 2.20. The zero-order valence-electron chi connectivity index (χ0n) is 6.74. The van der Waals surface area contributed by atoms with E-state index in [4.69, 9.17) is 4.74 Å². The molecule has 1 saturated heterocycles. The van der Waals surface area contributed by atoms with Crippen molar-refractivity contribution in [3.8, 4) is 0 Å². The van der Waals surface area contributed by atoms with Crippen molar-refractivity contribution in [2.45, 2.75) is 18.9 Å². The summed E-state index contributed by atoms with van der Waals surface area (Å²) in [6.07, 6.45) is 6.20. The first-order valence-electron chi connectivity index (χ1n) is 4.13. The maximum Gasteiger partial charge on any atom is 0.124 e. The van der Waals surface area contributed by atoms with E-state index in [9.17, 15) is 0 Å². The number of nitrogens with zero attached hydrogens (tertiary/aromatic N) is 2. The molecule has 1 atom stereocenters. The van der Waals surface area contributed by atoms with Crippen molar-refractivity contribution in [2.75, 3.05) is 13.2 Å². The van der Waals surface area contributed by atoms with Crippen LogP contribution in [0.25, 0.3) is 0 Å². The second-order valence-electron chi connectivity index (χ2n) is 3.01. The Kier molecular flexibility index (Phi) is 2.46. The van der Waals surface area contributed by atoms with Gasteiger partial charge in [-0.3, -0.25) is 0 Å². The topological polar surface area (TPSA) is 27.1 Å². The van der Waals surface area contributed by atoms with Gasteiger partial charge in [0.05, 0.1) is 19.0 Å². The van der Waals surface area contributed by atoms with Crippen LogP contribution in [-0.4, -0.2) is 22.8 Å². The number of halogens is 1. The van der Waals surface area contributed by atoms with Crippen LogP contribution < -0.4 is 0 Å². The number of ether oxygens (including phenoxy) is 1. The highest BCUT2D eigenvalue weighted by molar-refractivity contribution is 9.10. The number of imidazole rings is 1. The Morgan fingerprint density at radius 2 is 2.58 bits per heavy atom. The van der Waals surface area contributed by atoms with Crippen molar-refractivity contribution in [2.24, 2.45) is 0 Å². The first-order chi connectivity index (χ1) is 5.86. The average molecular weight is 231 g/mol. The van der Waals surface area contributed by atoms with E-state index in [1.165, 1.54) is 6.42 Å². The van der Waals surface area contributed by atoms with E-state index in [1.807, 2.05) is 12.5 Å². The maximum atomic E-state index is 5.38. The predicted molar refractivity (Wildman–Crippen MR) is 49.0 cm³/mol. The second kappa shape index (κ2) is 3.58. The van der Waals surface area contributed by atoms with Crippen LogP contribution in [0.15, 0.2) is 17.1 Å². The van der Waals surface area contributed by atoms with Gasteiger partial charge in [-0.05, 0) is 28.8 Å². The molecule has 1 fully saturated rings. The Morgan fingerprint density at radius 3 is 3.17 bits per heavy atom. The summed E-state index contributed by atoms with van der Waals surface area (Å²) in [5, 5.41) is 0. The molecule has 0 aliphatic carbocycles. The molecule has 0 aromatic carbocycles. The van der Waals surface area contributed by atoms with Crippen LogP contribution >= 0.6 is 15.9 Å². The lowest BCUT2D eigenvalue weighted by Gasteiger charge is -2.22. The number of hydrogen-bond acceptors (Lipinski definition) is 2. The highest BCUT2D eigenvalue weighted by Gasteiger charge is 2.15. The van der Waals surface area contributed by atoms with E-state index in [1.54, 1.807) is 0 Å². The van der Waals surface area contributed by atoms with Gasteiger partial charge in [-0.25, -0.2) is 4.98 Å². The molecule has 0 spiro atoms. The van der Waals surface area contributed by atoms with Gasteiger partial charge >= 0.3 is 0 Å². The molecule has 0 radical (unpaired) electrons. The lowest BCUT2D eigenvalue weighted by molar-refractivity contribution is 0.0591. The standard InChI is InChI=1S/C8H11BrN2O/c9-8-4-11(6-10-8)7-2-1-3-12-5-7/h4,6-7H,1-3,5H2. The number of hydrogen-bond donors (Lipinski definition) is 0. The van der Waals surface area contributed by atoms with Gasteiger partial charge in [0.25, 0.3) is 0 Å². The Hall–Kier alpha value is -0.350. The molecule has 0 amide bonds. The summed E-state index contributed by atoms with van der Waals surface area (Å²) in [5.74, 6) is 0. The fourth-order valence-electron chi connectivity index (χ4n) is 1.47. The second-order valence-corrected chi connectivity index (χ2v) is 3.83. The zero-order chi connectivity index (χ0) is 8.39. The Morgan fingerprint density at radius 1 is 1.67 bits per heavy atom. The van der Waals surface area contributed by atoms with Crippen molar-refractivity contribution in [3.63, 3.8) is 0 Å². The molecule has 0 saturated carbocycles. The summed E-state index contributed by atoms with van der Waals surface area (Å²) in [4.78, 5) is 4.12. The molecule has 1 aliphatic heterocycles. The normalized spacial score (nSPS) is 24.2.